The van der Waals surface area contributed by atoms with E-state index < -0.39 is 0 Å². The van der Waals surface area contributed by atoms with Crippen molar-refractivity contribution in [3.63, 3.8) is 0 Å². The molecule has 0 aromatic heterocycles. The van der Waals surface area contributed by atoms with Gasteiger partial charge in [-0.15, -0.1) is 0 Å². The molecule has 0 amide bonds. The molecule has 0 bridgehead atoms. The normalized spacial score (nSPS) is 17.9. The van der Waals surface area contributed by atoms with Gasteiger partial charge in [0, 0.05) is 31.2 Å². The first-order chi connectivity index (χ1) is 8.61. The summed E-state index contributed by atoms with van der Waals surface area (Å²) in [6, 6.07) is 6.25. The van der Waals surface area contributed by atoms with Crippen molar-refractivity contribution in [1.29, 1.82) is 0 Å². The van der Waals surface area contributed by atoms with Crippen molar-refractivity contribution in [3.05, 3.63) is 23.2 Å². The fourth-order valence-electron chi connectivity index (χ4n) is 2.64. The van der Waals surface area contributed by atoms with Gasteiger partial charge in [-0.1, -0.05) is 18.5 Å². The quantitative estimate of drug-likeness (QED) is 0.855. The van der Waals surface area contributed by atoms with Gasteiger partial charge in [0.25, 0.3) is 0 Å². The number of nitrogens with two attached hydrogens (primary N) is 1. The molecule has 1 aromatic carbocycles. The highest BCUT2D eigenvalue weighted by atomic mass is 35.5. The molecule has 2 N–H and O–H groups in total. The Bertz CT molecular complexity index is 400. The summed E-state index contributed by atoms with van der Waals surface area (Å²) < 4.78 is 0. The van der Waals surface area contributed by atoms with Crippen molar-refractivity contribution in [1.82, 2.24) is 4.90 Å². The number of likely N-dealkylation sites (tertiary alicyclic amines) is 1. The third-order valence-electron chi connectivity index (χ3n) is 3.92. The van der Waals surface area contributed by atoms with Crippen LogP contribution in [-0.4, -0.2) is 37.6 Å². The second-order valence-electron chi connectivity index (χ2n) is 4.98. The van der Waals surface area contributed by atoms with E-state index in [4.69, 9.17) is 17.3 Å². The Hall–Kier alpha value is -0.930. The molecular weight excluding hydrogens is 246 g/mol. The van der Waals surface area contributed by atoms with Gasteiger partial charge in [0.2, 0.25) is 0 Å². The van der Waals surface area contributed by atoms with E-state index in [-0.39, 0.29) is 0 Å². The molecule has 1 saturated heterocycles. The van der Waals surface area contributed by atoms with E-state index in [9.17, 15) is 0 Å². The van der Waals surface area contributed by atoms with Gasteiger partial charge in [0.15, 0.2) is 0 Å². The van der Waals surface area contributed by atoms with Gasteiger partial charge >= 0.3 is 0 Å². The maximum atomic E-state index is 6.05. The molecule has 0 radical (unpaired) electrons. The van der Waals surface area contributed by atoms with E-state index in [2.05, 4.69) is 23.8 Å². The second-order valence-corrected chi connectivity index (χ2v) is 5.42. The van der Waals surface area contributed by atoms with E-state index in [1.165, 1.54) is 25.9 Å². The smallest absolute Gasteiger partial charge is 0.0614 e. The molecule has 3 nitrogen and oxygen atoms in total. The van der Waals surface area contributed by atoms with Crippen molar-refractivity contribution in [2.75, 3.05) is 37.3 Å². The van der Waals surface area contributed by atoms with Gasteiger partial charge in [-0.2, -0.15) is 0 Å². The molecule has 2 rings (SSSR count). The van der Waals surface area contributed by atoms with Gasteiger partial charge < -0.3 is 15.5 Å². The van der Waals surface area contributed by atoms with Crippen LogP contribution in [0.2, 0.25) is 5.02 Å². The Labute approximate surface area is 115 Å². The summed E-state index contributed by atoms with van der Waals surface area (Å²) in [5.74, 6) is 0. The highest BCUT2D eigenvalue weighted by Gasteiger charge is 2.22. The van der Waals surface area contributed by atoms with Gasteiger partial charge in [-0.3, -0.25) is 0 Å². The first kappa shape index (κ1) is 13.5. The summed E-state index contributed by atoms with van der Waals surface area (Å²) in [5, 5.41) is 0.747. The first-order valence-corrected chi connectivity index (χ1v) is 6.99. The zero-order chi connectivity index (χ0) is 13.1. The maximum absolute atomic E-state index is 6.05. The lowest BCUT2D eigenvalue weighted by Crippen LogP contribution is -2.43. The van der Waals surface area contributed by atoms with Gasteiger partial charge in [-0.05, 0) is 37.6 Å². The number of nitrogens with zero attached hydrogens (tertiary/aromatic N) is 2. The van der Waals surface area contributed by atoms with Crippen molar-refractivity contribution in [2.24, 2.45) is 0 Å². The number of hydrogen-bond donors (Lipinski definition) is 1. The minimum atomic E-state index is 0.563. The standard InChI is InChI=1S/C14H22ClN3/c1-3-18-8-6-12(7-9-18)17(2)14-10-11(15)4-5-13(14)16/h4-5,10,12H,3,6-9,16H2,1-2H3. The lowest BCUT2D eigenvalue weighted by molar-refractivity contribution is 0.221. The number of benzene rings is 1. The molecule has 1 aliphatic heterocycles. The predicted octanol–water partition coefficient (Wildman–Crippen LogP) is 2.84. The van der Waals surface area contributed by atoms with Crippen LogP contribution in [0.3, 0.4) is 0 Å². The minimum absolute atomic E-state index is 0.563. The SMILES string of the molecule is CCN1CCC(N(C)c2cc(Cl)ccc2N)CC1. The summed E-state index contributed by atoms with van der Waals surface area (Å²) >= 11 is 6.05. The second kappa shape index (κ2) is 5.81. The lowest BCUT2D eigenvalue weighted by Gasteiger charge is -2.37. The van der Waals surface area contributed by atoms with Crippen LogP contribution in [0.4, 0.5) is 11.4 Å². The Balaban J connectivity index is 2.07. The fourth-order valence-corrected chi connectivity index (χ4v) is 2.81. The highest BCUT2D eigenvalue weighted by Crippen LogP contribution is 2.29. The minimum Gasteiger partial charge on any atom is -0.397 e. The average molecular weight is 268 g/mol. The zero-order valence-corrected chi connectivity index (χ0v) is 12.0. The molecule has 0 unspecified atom stereocenters. The largest absolute Gasteiger partial charge is 0.397 e. The van der Waals surface area contributed by atoms with Crippen LogP contribution < -0.4 is 10.6 Å². The number of anilines is 2. The van der Waals surface area contributed by atoms with Gasteiger partial charge in [0.05, 0.1) is 11.4 Å². The molecule has 4 heteroatoms. The van der Waals surface area contributed by atoms with Crippen LogP contribution in [0.5, 0.6) is 0 Å². The summed E-state index contributed by atoms with van der Waals surface area (Å²) in [4.78, 5) is 4.78. The predicted molar refractivity (Wildman–Crippen MR) is 79.4 cm³/mol. The summed E-state index contributed by atoms with van der Waals surface area (Å²) in [5.41, 5.74) is 7.90. The zero-order valence-electron chi connectivity index (χ0n) is 11.2. The van der Waals surface area contributed by atoms with Crippen LogP contribution in [-0.2, 0) is 0 Å². The molecular formula is C14H22ClN3. The molecule has 0 saturated carbocycles. The van der Waals surface area contributed by atoms with E-state index in [0.29, 0.717) is 6.04 Å². The molecule has 0 atom stereocenters. The first-order valence-electron chi connectivity index (χ1n) is 6.62. The Morgan fingerprint density at radius 2 is 2.06 bits per heavy atom. The van der Waals surface area contributed by atoms with Crippen LogP contribution >= 0.6 is 11.6 Å². The molecule has 18 heavy (non-hydrogen) atoms. The van der Waals surface area contributed by atoms with E-state index in [1.807, 2.05) is 18.2 Å². The average Bonchev–Trinajstić information content (AvgIpc) is 2.41. The lowest BCUT2D eigenvalue weighted by atomic mass is 10.0. The number of hydrogen-bond acceptors (Lipinski definition) is 3. The summed E-state index contributed by atoms with van der Waals surface area (Å²) in [7, 11) is 2.12. The van der Waals surface area contributed by atoms with Crippen LogP contribution in [0.15, 0.2) is 18.2 Å². The van der Waals surface area contributed by atoms with Crippen LogP contribution in [0.1, 0.15) is 19.8 Å². The number of rotatable bonds is 3. The maximum Gasteiger partial charge on any atom is 0.0614 e. The summed E-state index contributed by atoms with van der Waals surface area (Å²) in [6.45, 7) is 5.71. The van der Waals surface area contributed by atoms with Gasteiger partial charge in [0.1, 0.15) is 0 Å². The van der Waals surface area contributed by atoms with Crippen molar-refractivity contribution in [2.45, 2.75) is 25.8 Å². The molecule has 0 aliphatic carbocycles. The van der Waals surface area contributed by atoms with Crippen molar-refractivity contribution < 1.29 is 0 Å². The molecule has 1 fully saturated rings. The number of halogens is 1. The topological polar surface area (TPSA) is 32.5 Å². The van der Waals surface area contributed by atoms with E-state index in [0.717, 1.165) is 22.9 Å². The Morgan fingerprint density at radius 3 is 2.67 bits per heavy atom. The van der Waals surface area contributed by atoms with Crippen LogP contribution in [0, 0.1) is 0 Å². The fraction of sp³-hybridized carbons (Fsp3) is 0.571. The third kappa shape index (κ3) is 2.90. The molecule has 1 aromatic rings. The van der Waals surface area contributed by atoms with E-state index in [1.54, 1.807) is 0 Å². The summed E-state index contributed by atoms with van der Waals surface area (Å²) in [6.07, 6.45) is 2.38. The molecule has 1 aliphatic rings. The number of nitrogen functional groups attached to an aromatic ring is 1. The Morgan fingerprint density at radius 1 is 1.39 bits per heavy atom. The Kier molecular flexibility index (Phi) is 4.36. The third-order valence-corrected chi connectivity index (χ3v) is 4.16. The van der Waals surface area contributed by atoms with Gasteiger partial charge in [-0.25, -0.2) is 0 Å². The highest BCUT2D eigenvalue weighted by molar-refractivity contribution is 6.31. The molecule has 0 spiro atoms. The molecule has 1 heterocycles. The van der Waals surface area contributed by atoms with Crippen molar-refractivity contribution in [3.8, 4) is 0 Å². The van der Waals surface area contributed by atoms with Crippen LogP contribution in [0.25, 0.3) is 0 Å². The monoisotopic (exact) mass is 267 g/mol. The van der Waals surface area contributed by atoms with E-state index >= 15 is 0 Å². The number of piperidine rings is 1. The van der Waals surface area contributed by atoms with Crippen molar-refractivity contribution >= 4 is 23.0 Å². The molecule has 100 valence electrons.